The Hall–Kier alpha value is 0.909. The van der Waals surface area contributed by atoms with E-state index >= 15 is 0 Å². The fourth-order valence-corrected chi connectivity index (χ4v) is 0. The van der Waals surface area contributed by atoms with E-state index in [-0.39, 0.29) is 34.1 Å². The Morgan fingerprint density at radius 2 is 1.14 bits per heavy atom. The van der Waals surface area contributed by atoms with Gasteiger partial charge in [0, 0.05) is 10.4 Å². The molecule has 0 aliphatic heterocycles. The second-order valence-electron chi connectivity index (χ2n) is 0.408. The third kappa shape index (κ3) is 202. The van der Waals surface area contributed by atoms with Gasteiger partial charge in [-0.25, -0.2) is 0 Å². The van der Waals surface area contributed by atoms with Crippen LogP contribution >= 0.6 is 0 Å². The van der Waals surface area contributed by atoms with Crippen LogP contribution in [0.2, 0.25) is 0 Å². The van der Waals surface area contributed by atoms with Crippen molar-refractivity contribution in [1.82, 2.24) is 0 Å². The minimum Gasteiger partial charge on any atom is -0.759 e. The molecule has 0 aromatic rings. The minimum absolute atomic E-state index is 0. The molecule has 0 rings (SSSR count). The molecule has 0 aliphatic rings. The predicted molar refractivity (Wildman–Crippen MR) is 16.2 cm³/mol. The maximum atomic E-state index is 8.52. The Balaban J connectivity index is -0.0000000800. The van der Waals surface area contributed by atoms with E-state index in [9.17, 15) is 0 Å². The molecule has 0 fully saturated rings. The van der Waals surface area contributed by atoms with E-state index in [1.165, 1.54) is 0 Å². The summed E-state index contributed by atoms with van der Waals surface area (Å²) in [5.41, 5.74) is 0. The van der Waals surface area contributed by atoms with Crippen molar-refractivity contribution in [3.8, 4) is 0 Å². The van der Waals surface area contributed by atoms with Crippen LogP contribution in [0, 0.1) is 0 Å². The van der Waals surface area contributed by atoms with E-state index in [0.717, 1.165) is 0 Å². The monoisotopic (exact) mass is 182 g/mol. The minimum atomic E-state index is -5.17. The maximum absolute atomic E-state index is 8.52. The van der Waals surface area contributed by atoms with Gasteiger partial charge in [0.1, 0.15) is 0 Å². The molecule has 0 amide bonds. The predicted octanol–water partition coefficient (Wildman–Crippen LogP) is -1.72. The van der Waals surface area contributed by atoms with Crippen LogP contribution < -0.4 is 0 Å². The van der Waals surface area contributed by atoms with Crippen molar-refractivity contribution >= 4 is 27.8 Å². The largest absolute Gasteiger partial charge is 3.00 e. The quantitative estimate of drug-likeness (QED) is 0.253. The molecule has 4 nitrogen and oxygen atoms in total. The van der Waals surface area contributed by atoms with Crippen LogP contribution in [0.5, 0.6) is 0 Å². The van der Waals surface area contributed by atoms with Gasteiger partial charge in [0.05, 0.1) is 0 Å². The third-order valence-electron chi connectivity index (χ3n) is 0. The zero-order valence-corrected chi connectivity index (χ0v) is 5.96. The number of rotatable bonds is 0. The normalized spacial score (nSPS) is 8.29. The first-order valence-corrected chi connectivity index (χ1v) is 2.00. The van der Waals surface area contributed by atoms with Crippen LogP contribution in [0.25, 0.3) is 0 Å². The second-order valence-corrected chi connectivity index (χ2v) is 1.22. The van der Waals surface area contributed by atoms with Crippen LogP contribution in [0.3, 0.4) is 0 Å². The zero-order chi connectivity index (χ0) is 4.50. The molecule has 0 atom stereocenters. The average Bonchev–Trinajstić information content (AvgIpc) is 0.722. The number of hydrogen-bond donors (Lipinski definition) is 0. The molecule has 0 aliphatic carbocycles. The van der Waals surface area contributed by atoms with E-state index in [2.05, 4.69) is 0 Å². The summed E-state index contributed by atoms with van der Waals surface area (Å²) in [7, 11) is -5.17. The molecule has 0 spiro atoms. The Morgan fingerprint density at radius 1 is 1.14 bits per heavy atom. The van der Waals surface area contributed by atoms with Gasteiger partial charge in [-0.2, -0.15) is 0 Å². The first-order valence-electron chi connectivity index (χ1n) is 0.667. The molecule has 39 valence electrons. The van der Waals surface area contributed by atoms with Crippen molar-refractivity contribution in [2.45, 2.75) is 0 Å². The summed E-state index contributed by atoms with van der Waals surface area (Å²) in [6.07, 6.45) is 0. The maximum Gasteiger partial charge on any atom is 3.00 e. The van der Waals surface area contributed by atoms with Gasteiger partial charge in [-0.05, 0) is 0 Å². The second kappa shape index (κ2) is 5.05. The summed E-state index contributed by atoms with van der Waals surface area (Å²) in [5.74, 6) is 0. The van der Waals surface area contributed by atoms with Crippen LogP contribution in [-0.4, -0.2) is 34.9 Å². The standard InChI is InChI=1S/Al.Co.H2O4S/c;;1-5(2,3)4/h;;(H2,1,2,3,4)/q+3;+2;/p-2. The van der Waals surface area contributed by atoms with Crippen molar-refractivity contribution in [2.24, 2.45) is 0 Å². The molecule has 0 unspecified atom stereocenters. The van der Waals surface area contributed by atoms with Gasteiger partial charge in [-0.15, -0.1) is 0 Å². The summed E-state index contributed by atoms with van der Waals surface area (Å²) in [6.45, 7) is 0. The molecule has 7 heavy (non-hydrogen) atoms. The van der Waals surface area contributed by atoms with Crippen molar-refractivity contribution < 1.29 is 34.3 Å². The van der Waals surface area contributed by atoms with E-state index in [4.69, 9.17) is 17.5 Å². The molecule has 1 radical (unpaired) electrons. The Morgan fingerprint density at radius 3 is 1.14 bits per heavy atom. The van der Waals surface area contributed by atoms with Crippen LogP contribution in [0.1, 0.15) is 0 Å². The Labute approximate surface area is 62.2 Å². The zero-order valence-electron chi connectivity index (χ0n) is 2.95. The molecule has 0 N–H and O–H groups in total. The van der Waals surface area contributed by atoms with Crippen LogP contribution in [0.15, 0.2) is 0 Å². The first kappa shape index (κ1) is 15.7. The van der Waals surface area contributed by atoms with Gasteiger partial charge in [0.15, 0.2) is 0 Å². The molecule has 0 saturated carbocycles. The smallest absolute Gasteiger partial charge is 0.759 e. The van der Waals surface area contributed by atoms with Crippen molar-refractivity contribution in [2.75, 3.05) is 0 Å². The van der Waals surface area contributed by atoms with E-state index in [0.29, 0.717) is 0 Å². The van der Waals surface area contributed by atoms with E-state index in [1.807, 2.05) is 0 Å². The third-order valence-corrected chi connectivity index (χ3v) is 0. The summed E-state index contributed by atoms with van der Waals surface area (Å²) in [5, 5.41) is 0. The molecule has 0 aromatic carbocycles. The van der Waals surface area contributed by atoms with Crippen LogP contribution in [-0.2, 0) is 27.2 Å². The van der Waals surface area contributed by atoms with Gasteiger partial charge in [-0.3, -0.25) is 8.42 Å². The fourth-order valence-electron chi connectivity index (χ4n) is 0. The van der Waals surface area contributed by atoms with Gasteiger partial charge in [-0.1, -0.05) is 0 Å². The van der Waals surface area contributed by atoms with Gasteiger partial charge < -0.3 is 9.11 Å². The van der Waals surface area contributed by atoms with Gasteiger partial charge in [0.25, 0.3) is 0 Å². The molecular weight excluding hydrogens is 182 g/mol. The average molecular weight is 182 g/mol. The van der Waals surface area contributed by atoms with E-state index < -0.39 is 10.4 Å². The molecule has 0 heterocycles. The Kier molecular flexibility index (Phi) is 11.3. The molecule has 7 heteroatoms. The van der Waals surface area contributed by atoms with Gasteiger partial charge >= 0.3 is 34.1 Å². The van der Waals surface area contributed by atoms with Crippen molar-refractivity contribution in [3.05, 3.63) is 0 Å². The summed E-state index contributed by atoms with van der Waals surface area (Å²) in [4.78, 5) is 0. The molecule has 0 saturated heterocycles. The first-order chi connectivity index (χ1) is 2.00. The molecular formula is AlCoO4S+3. The van der Waals surface area contributed by atoms with E-state index in [1.54, 1.807) is 0 Å². The molecule has 0 aromatic heterocycles. The molecule has 0 bridgehead atoms. The SMILES string of the molecule is O=S(=O)([O-])[O-].[Al+3].[Co+2]. The topological polar surface area (TPSA) is 80.3 Å². The summed E-state index contributed by atoms with van der Waals surface area (Å²) < 4.78 is 34.1. The van der Waals surface area contributed by atoms with Gasteiger partial charge in [0.2, 0.25) is 0 Å². The number of hydrogen-bond acceptors (Lipinski definition) is 4. The summed E-state index contributed by atoms with van der Waals surface area (Å²) in [6, 6.07) is 0. The summed E-state index contributed by atoms with van der Waals surface area (Å²) >= 11 is 0. The fraction of sp³-hybridized carbons (Fsp3) is 0. The van der Waals surface area contributed by atoms with Crippen molar-refractivity contribution in [1.29, 1.82) is 0 Å². The van der Waals surface area contributed by atoms with Crippen molar-refractivity contribution in [3.63, 3.8) is 0 Å². The Bertz CT molecular complexity index is 94.9. The van der Waals surface area contributed by atoms with Crippen LogP contribution in [0.4, 0.5) is 0 Å².